The molecule has 4 aromatic carbocycles. The third-order valence-electron chi connectivity index (χ3n) is 10.5. The van der Waals surface area contributed by atoms with Crippen LogP contribution >= 0.6 is 0 Å². The minimum Gasteiger partial charge on any atom is -0.457 e. The number of allylic oxidation sites excluding steroid dienone is 2. The van der Waals surface area contributed by atoms with Crippen molar-refractivity contribution in [3.05, 3.63) is 130 Å². The number of ketones is 2. The van der Waals surface area contributed by atoms with Crippen molar-refractivity contribution in [2.75, 3.05) is 0 Å². The molecule has 2 unspecified atom stereocenters. The lowest BCUT2D eigenvalue weighted by Crippen LogP contribution is -2.50. The molecule has 10 rings (SSSR count). The van der Waals surface area contributed by atoms with Gasteiger partial charge in [0.1, 0.15) is 23.0 Å². The molecule has 2 heterocycles. The van der Waals surface area contributed by atoms with Crippen molar-refractivity contribution in [1.82, 2.24) is 0 Å². The van der Waals surface area contributed by atoms with E-state index in [2.05, 4.69) is 24.3 Å². The summed E-state index contributed by atoms with van der Waals surface area (Å²) in [5, 5.41) is 0. The Kier molecular flexibility index (Phi) is 5.20. The molecule has 0 radical (unpaired) electrons. The first-order chi connectivity index (χ1) is 20.7. The molecule has 6 aliphatic rings. The van der Waals surface area contributed by atoms with Gasteiger partial charge in [0.05, 0.1) is 0 Å². The number of ether oxygens (including phenoxy) is 2. The Balaban J connectivity index is 1.33. The van der Waals surface area contributed by atoms with Crippen LogP contribution in [0.4, 0.5) is 0 Å². The summed E-state index contributed by atoms with van der Waals surface area (Å²) in [6.07, 6.45) is 4.02. The van der Waals surface area contributed by atoms with Crippen LogP contribution in [0.25, 0.3) is 0 Å². The average molecular weight is 551 g/mol. The van der Waals surface area contributed by atoms with Crippen LogP contribution in [0.2, 0.25) is 0 Å². The smallest absolute Gasteiger partial charge is 0.164 e. The number of carbonyl (C=O) groups excluding carboxylic acids is 2. The minimum atomic E-state index is -0.564. The summed E-state index contributed by atoms with van der Waals surface area (Å²) < 4.78 is 12.8. The van der Waals surface area contributed by atoms with E-state index in [-0.39, 0.29) is 35.2 Å². The second-order valence-electron chi connectivity index (χ2n) is 12.5. The van der Waals surface area contributed by atoms with Gasteiger partial charge in [0.15, 0.2) is 11.6 Å². The molecule has 4 nitrogen and oxygen atoms in total. The van der Waals surface area contributed by atoms with Crippen LogP contribution in [0.1, 0.15) is 59.8 Å². The van der Waals surface area contributed by atoms with E-state index in [4.69, 9.17) is 9.47 Å². The van der Waals surface area contributed by atoms with Gasteiger partial charge in [0.2, 0.25) is 0 Å². The van der Waals surface area contributed by atoms with Gasteiger partial charge in [0, 0.05) is 57.1 Å². The number of para-hydroxylation sites is 4. The Labute approximate surface area is 245 Å². The zero-order valence-electron chi connectivity index (χ0n) is 23.2. The van der Waals surface area contributed by atoms with E-state index < -0.39 is 11.8 Å². The molecular formula is C38H30O4. The fraction of sp³-hybridized carbons (Fsp3) is 0.263. The molecule has 1 fully saturated rings. The van der Waals surface area contributed by atoms with Crippen molar-refractivity contribution < 1.29 is 19.1 Å². The van der Waals surface area contributed by atoms with Gasteiger partial charge >= 0.3 is 0 Å². The zero-order chi connectivity index (χ0) is 27.9. The first-order valence-corrected chi connectivity index (χ1v) is 15.2. The number of benzene rings is 4. The number of fused-ring (bicyclic) bond motifs is 6. The quantitative estimate of drug-likeness (QED) is 0.252. The van der Waals surface area contributed by atoms with Crippen LogP contribution < -0.4 is 9.47 Å². The molecule has 0 spiro atoms. The topological polar surface area (TPSA) is 52.6 Å². The predicted octanol–water partition coefficient (Wildman–Crippen LogP) is 8.36. The molecule has 0 amide bonds. The standard InChI is InChI=1S/C38H30O4/c39-37-31-21-17-19-22(20-18-21)32(31)38(40)36(34-25-11-3-7-15-29(25)42-30-16-8-4-12-26(30)34)35(37)33-23-9-1-5-13-27(23)41-28-14-6-2-10-24(28)33/h1-16,21-22,33-36H,17-20H2. The van der Waals surface area contributed by atoms with Crippen molar-refractivity contribution in [2.24, 2.45) is 23.7 Å². The van der Waals surface area contributed by atoms with Crippen molar-refractivity contribution in [2.45, 2.75) is 37.5 Å². The molecule has 1 saturated carbocycles. The van der Waals surface area contributed by atoms with Crippen molar-refractivity contribution in [3.63, 3.8) is 0 Å². The summed E-state index contributed by atoms with van der Waals surface area (Å²) in [6.45, 7) is 0. The summed E-state index contributed by atoms with van der Waals surface area (Å²) in [5.41, 5.74) is 5.60. The highest BCUT2D eigenvalue weighted by Crippen LogP contribution is 2.60. The second kappa shape index (κ2) is 9.03. The predicted molar refractivity (Wildman–Crippen MR) is 159 cm³/mol. The molecule has 2 aliphatic heterocycles. The molecule has 0 saturated heterocycles. The van der Waals surface area contributed by atoms with Crippen LogP contribution in [-0.2, 0) is 9.59 Å². The van der Waals surface area contributed by atoms with Crippen molar-refractivity contribution >= 4 is 11.6 Å². The highest BCUT2D eigenvalue weighted by atomic mass is 16.5. The van der Waals surface area contributed by atoms with Crippen molar-refractivity contribution in [3.8, 4) is 23.0 Å². The second-order valence-corrected chi connectivity index (χ2v) is 12.5. The van der Waals surface area contributed by atoms with Crippen LogP contribution in [0.15, 0.2) is 108 Å². The summed E-state index contributed by atoms with van der Waals surface area (Å²) in [7, 11) is 0. The van der Waals surface area contributed by atoms with E-state index in [0.717, 1.165) is 82.1 Å². The molecule has 2 bridgehead atoms. The lowest BCUT2D eigenvalue weighted by Gasteiger charge is -2.49. The van der Waals surface area contributed by atoms with Gasteiger partial charge in [-0.2, -0.15) is 0 Å². The lowest BCUT2D eigenvalue weighted by molar-refractivity contribution is -0.133. The third kappa shape index (κ3) is 3.29. The number of rotatable bonds is 2. The fourth-order valence-corrected chi connectivity index (χ4v) is 8.85. The SMILES string of the molecule is O=C1C2=C(C(=O)C(C3c4ccccc4Oc4ccccc43)C1C1c3ccccc3Oc3ccccc31)C1CCC2CC1. The molecule has 206 valence electrons. The molecule has 0 aromatic heterocycles. The van der Waals surface area contributed by atoms with Gasteiger partial charge in [-0.15, -0.1) is 0 Å². The van der Waals surface area contributed by atoms with Gasteiger partial charge in [-0.05, 0) is 61.8 Å². The number of carbonyl (C=O) groups is 2. The normalized spacial score (nSPS) is 25.9. The van der Waals surface area contributed by atoms with Crippen LogP contribution in [0.3, 0.4) is 0 Å². The van der Waals surface area contributed by atoms with E-state index >= 15 is 9.59 Å². The van der Waals surface area contributed by atoms with Crippen LogP contribution in [0.5, 0.6) is 23.0 Å². The van der Waals surface area contributed by atoms with Crippen LogP contribution in [0, 0.1) is 23.7 Å². The highest BCUT2D eigenvalue weighted by Gasteiger charge is 2.57. The maximum atomic E-state index is 15.2. The number of hydrogen-bond acceptors (Lipinski definition) is 4. The lowest BCUT2D eigenvalue weighted by atomic mass is 9.53. The number of Topliss-reactive ketones (excluding diaryl/α,β-unsaturated/α-hetero) is 2. The highest BCUT2D eigenvalue weighted by molar-refractivity contribution is 6.16. The fourth-order valence-electron chi connectivity index (χ4n) is 8.85. The summed E-state index contributed by atoms with van der Waals surface area (Å²) >= 11 is 0. The van der Waals surface area contributed by atoms with E-state index in [1.165, 1.54) is 0 Å². The third-order valence-corrected chi connectivity index (χ3v) is 10.5. The van der Waals surface area contributed by atoms with E-state index in [1.54, 1.807) is 0 Å². The molecular weight excluding hydrogens is 520 g/mol. The maximum Gasteiger partial charge on any atom is 0.164 e. The molecule has 2 atom stereocenters. The van der Waals surface area contributed by atoms with E-state index in [1.807, 2.05) is 72.8 Å². The van der Waals surface area contributed by atoms with Crippen molar-refractivity contribution in [1.29, 1.82) is 0 Å². The van der Waals surface area contributed by atoms with Crippen LogP contribution in [-0.4, -0.2) is 11.6 Å². The average Bonchev–Trinajstić information content (AvgIpc) is 3.05. The monoisotopic (exact) mass is 550 g/mol. The Morgan fingerprint density at radius 1 is 0.429 bits per heavy atom. The Morgan fingerprint density at radius 2 is 0.714 bits per heavy atom. The Morgan fingerprint density at radius 3 is 1.02 bits per heavy atom. The largest absolute Gasteiger partial charge is 0.457 e. The minimum absolute atomic E-state index is 0.168. The molecule has 4 aromatic rings. The van der Waals surface area contributed by atoms with Gasteiger partial charge in [-0.25, -0.2) is 0 Å². The summed E-state index contributed by atoms with van der Waals surface area (Å²) in [6, 6.07) is 32.2. The first-order valence-electron chi connectivity index (χ1n) is 15.2. The summed E-state index contributed by atoms with van der Waals surface area (Å²) in [5.74, 6) is 2.02. The molecule has 4 aliphatic carbocycles. The Bertz CT molecular complexity index is 1600. The van der Waals surface area contributed by atoms with Gasteiger partial charge in [-0.1, -0.05) is 72.8 Å². The zero-order valence-corrected chi connectivity index (χ0v) is 23.2. The molecule has 0 N–H and O–H groups in total. The van der Waals surface area contributed by atoms with Gasteiger partial charge in [0.25, 0.3) is 0 Å². The van der Waals surface area contributed by atoms with E-state index in [9.17, 15) is 0 Å². The maximum absolute atomic E-state index is 15.2. The first kappa shape index (κ1) is 24.2. The molecule has 4 heteroatoms. The van der Waals surface area contributed by atoms with Gasteiger partial charge < -0.3 is 9.47 Å². The number of hydrogen-bond donors (Lipinski definition) is 0. The summed E-state index contributed by atoms with van der Waals surface area (Å²) in [4.78, 5) is 30.4. The Hall–Kier alpha value is -4.44. The molecule has 42 heavy (non-hydrogen) atoms. The van der Waals surface area contributed by atoms with E-state index in [0.29, 0.717) is 0 Å². The van der Waals surface area contributed by atoms with Gasteiger partial charge in [-0.3, -0.25) is 9.59 Å².